The van der Waals surface area contributed by atoms with Crippen LogP contribution >= 0.6 is 0 Å². The highest BCUT2D eigenvalue weighted by molar-refractivity contribution is 6.25. The number of aromatic nitrogens is 3. The third-order valence-electron chi connectivity index (χ3n) is 14.8. The fourth-order valence-corrected chi connectivity index (χ4v) is 11.6. The van der Waals surface area contributed by atoms with Crippen molar-refractivity contribution in [3.05, 3.63) is 254 Å². The average Bonchev–Trinajstić information content (AvgIpc) is 4.14. The van der Waals surface area contributed by atoms with E-state index >= 15 is 0 Å². The van der Waals surface area contributed by atoms with Crippen molar-refractivity contribution in [2.24, 2.45) is 0 Å². The van der Waals surface area contributed by atoms with E-state index in [4.69, 9.17) is 0 Å². The molecule has 3 heterocycles. The lowest BCUT2D eigenvalue weighted by molar-refractivity contribution is 0.660. The second-order valence-electron chi connectivity index (χ2n) is 19.0. The number of rotatable bonds is 7. The van der Waals surface area contributed by atoms with Crippen molar-refractivity contribution in [2.45, 2.75) is 19.3 Å². The third kappa shape index (κ3) is 5.95. The Hall–Kier alpha value is -8.86. The minimum absolute atomic E-state index is 0.133. The van der Waals surface area contributed by atoms with Crippen molar-refractivity contribution < 1.29 is 0 Å². The average molecular weight is 883 g/mol. The van der Waals surface area contributed by atoms with Gasteiger partial charge in [0.15, 0.2) is 0 Å². The largest absolute Gasteiger partial charge is 0.317 e. The van der Waals surface area contributed by atoms with E-state index in [9.17, 15) is 0 Å². The minimum atomic E-state index is -0.133. The molecule has 0 atom stereocenters. The Morgan fingerprint density at radius 1 is 0.348 bits per heavy atom. The van der Waals surface area contributed by atoms with Gasteiger partial charge in [0, 0.05) is 72.7 Å². The first-order valence-electron chi connectivity index (χ1n) is 23.9. The van der Waals surface area contributed by atoms with Gasteiger partial charge in [-0.2, -0.15) is 0 Å². The molecule has 326 valence electrons. The van der Waals surface area contributed by atoms with Crippen LogP contribution in [0.15, 0.2) is 243 Å². The van der Waals surface area contributed by atoms with Gasteiger partial charge in [0.25, 0.3) is 0 Å². The molecule has 0 spiro atoms. The third-order valence-corrected chi connectivity index (χ3v) is 14.8. The number of benzene rings is 10. The summed E-state index contributed by atoms with van der Waals surface area (Å²) in [5, 5.41) is 6.09. The minimum Gasteiger partial charge on any atom is -0.317 e. The Kier molecular flexibility index (Phi) is 8.59. The first kappa shape index (κ1) is 39.3. The molecular weight excluding hydrogens is 837 g/mol. The summed E-state index contributed by atoms with van der Waals surface area (Å²) in [6, 6.07) is 86.9. The molecule has 0 bridgehead atoms. The summed E-state index contributed by atoms with van der Waals surface area (Å²) >= 11 is 0. The van der Waals surface area contributed by atoms with Crippen molar-refractivity contribution >= 4 is 71.6 Å². The fourth-order valence-electron chi connectivity index (χ4n) is 11.6. The molecule has 13 aromatic rings. The van der Waals surface area contributed by atoms with Crippen LogP contribution in [0.25, 0.3) is 93.8 Å². The van der Waals surface area contributed by atoms with Gasteiger partial charge in [-0.25, -0.2) is 0 Å². The Morgan fingerprint density at radius 3 is 1.64 bits per heavy atom. The van der Waals surface area contributed by atoms with Crippen molar-refractivity contribution in [1.29, 1.82) is 0 Å². The number of fused-ring (bicyclic) bond motifs is 11. The molecule has 0 N–H and O–H groups in total. The lowest BCUT2D eigenvalue weighted by Crippen LogP contribution is -2.16. The maximum Gasteiger partial charge on any atom is 0.0788 e. The van der Waals surface area contributed by atoms with Gasteiger partial charge in [-0.1, -0.05) is 153 Å². The monoisotopic (exact) mass is 882 g/mol. The Labute approximate surface area is 400 Å². The second-order valence-corrected chi connectivity index (χ2v) is 19.0. The summed E-state index contributed by atoms with van der Waals surface area (Å²) in [4.78, 5) is 2.42. The zero-order valence-electron chi connectivity index (χ0n) is 38.4. The number of hydrogen-bond donors (Lipinski definition) is 0. The zero-order chi connectivity index (χ0) is 45.8. The van der Waals surface area contributed by atoms with Crippen LogP contribution in [0.1, 0.15) is 25.0 Å². The molecule has 0 unspecified atom stereocenters. The predicted octanol–water partition coefficient (Wildman–Crippen LogP) is 17.3. The molecule has 0 aliphatic heterocycles. The molecule has 69 heavy (non-hydrogen) atoms. The highest BCUT2D eigenvalue weighted by Crippen LogP contribution is 2.51. The summed E-state index contributed by atoms with van der Waals surface area (Å²) in [7, 11) is 0. The lowest BCUT2D eigenvalue weighted by Gasteiger charge is -2.28. The van der Waals surface area contributed by atoms with E-state index < -0.39 is 0 Å². The Morgan fingerprint density at radius 2 is 0.899 bits per heavy atom. The van der Waals surface area contributed by atoms with Crippen LogP contribution in [0, 0.1) is 0 Å². The first-order chi connectivity index (χ1) is 34.0. The van der Waals surface area contributed by atoms with Gasteiger partial charge in [0.1, 0.15) is 0 Å². The molecule has 0 saturated heterocycles. The highest BCUT2D eigenvalue weighted by atomic mass is 15.1. The van der Waals surface area contributed by atoms with Crippen LogP contribution in [0.2, 0.25) is 0 Å². The fraction of sp³-hybridized carbons (Fsp3) is 0.0462. The lowest BCUT2D eigenvalue weighted by atomic mass is 9.82. The number of nitrogens with zero attached hydrogens (tertiary/aromatic N) is 4. The molecule has 14 rings (SSSR count). The second kappa shape index (κ2) is 15.1. The van der Waals surface area contributed by atoms with E-state index in [1.807, 2.05) is 0 Å². The van der Waals surface area contributed by atoms with E-state index in [1.165, 1.54) is 87.9 Å². The molecule has 4 nitrogen and oxygen atoms in total. The Balaban J connectivity index is 1.00. The van der Waals surface area contributed by atoms with Crippen LogP contribution in [-0.2, 0) is 5.41 Å². The smallest absolute Gasteiger partial charge is 0.0788 e. The van der Waals surface area contributed by atoms with Gasteiger partial charge >= 0.3 is 0 Å². The van der Waals surface area contributed by atoms with Gasteiger partial charge in [0.05, 0.1) is 27.6 Å². The van der Waals surface area contributed by atoms with E-state index in [2.05, 4.69) is 275 Å². The molecule has 4 heteroatoms. The SMILES string of the molecule is CC1(C)c2ccccc2-c2ccc(N(c3ccc(-c4ccccc4)cc3)c3ccc(-n4c5cc6ccn(-c7ccccc7)c6cc5c5ccc6c7ccccc7n(-c7ccccc7)c6c54)cc3)cc21. The van der Waals surface area contributed by atoms with Crippen LogP contribution in [0.4, 0.5) is 17.1 Å². The number of hydrogen-bond acceptors (Lipinski definition) is 1. The molecule has 0 amide bonds. The molecule has 0 fully saturated rings. The molecular formula is C65H46N4. The van der Waals surface area contributed by atoms with Crippen molar-refractivity contribution in [3.8, 4) is 39.3 Å². The van der Waals surface area contributed by atoms with Gasteiger partial charge < -0.3 is 18.6 Å². The van der Waals surface area contributed by atoms with Crippen molar-refractivity contribution in [1.82, 2.24) is 13.7 Å². The van der Waals surface area contributed by atoms with Crippen molar-refractivity contribution in [2.75, 3.05) is 4.90 Å². The molecule has 10 aromatic carbocycles. The summed E-state index contributed by atoms with van der Waals surface area (Å²) in [5.74, 6) is 0. The summed E-state index contributed by atoms with van der Waals surface area (Å²) in [6.07, 6.45) is 2.20. The van der Waals surface area contributed by atoms with Gasteiger partial charge in [-0.15, -0.1) is 0 Å². The van der Waals surface area contributed by atoms with Gasteiger partial charge in [0.2, 0.25) is 0 Å². The van der Waals surface area contributed by atoms with Crippen LogP contribution in [0.3, 0.4) is 0 Å². The molecule has 1 aliphatic rings. The van der Waals surface area contributed by atoms with E-state index in [0.717, 1.165) is 34.1 Å². The summed E-state index contributed by atoms with van der Waals surface area (Å²) in [6.45, 7) is 4.72. The Bertz CT molecular complexity index is 4120. The van der Waals surface area contributed by atoms with E-state index in [-0.39, 0.29) is 5.41 Å². The number of anilines is 3. The van der Waals surface area contributed by atoms with Crippen molar-refractivity contribution in [3.63, 3.8) is 0 Å². The van der Waals surface area contributed by atoms with E-state index in [0.29, 0.717) is 0 Å². The quantitative estimate of drug-likeness (QED) is 0.156. The maximum atomic E-state index is 2.52. The maximum absolute atomic E-state index is 2.52. The zero-order valence-corrected chi connectivity index (χ0v) is 38.4. The normalized spacial score (nSPS) is 12.9. The molecule has 0 radical (unpaired) electrons. The number of para-hydroxylation sites is 3. The predicted molar refractivity (Wildman–Crippen MR) is 290 cm³/mol. The van der Waals surface area contributed by atoms with Crippen LogP contribution in [-0.4, -0.2) is 13.7 Å². The topological polar surface area (TPSA) is 18.0 Å². The van der Waals surface area contributed by atoms with Crippen LogP contribution < -0.4 is 4.90 Å². The highest BCUT2D eigenvalue weighted by Gasteiger charge is 2.36. The first-order valence-corrected chi connectivity index (χ1v) is 23.9. The molecule has 0 saturated carbocycles. The summed E-state index contributed by atoms with van der Waals surface area (Å²) in [5.41, 5.74) is 20.3. The van der Waals surface area contributed by atoms with Crippen LogP contribution in [0.5, 0.6) is 0 Å². The van der Waals surface area contributed by atoms with E-state index in [1.54, 1.807) is 0 Å². The standard InChI is InChI=1S/C65H46N4/c1-65(2)58-24-14-12-22-52(58)53-35-34-51(41-59(53)65)67(48-28-26-44(27-29-48)43-16-6-3-7-17-43)49-30-32-50(33-31-49)69-62-40-45-38-39-66(46-18-8-4-9-19-46)61(45)42-57(62)56-37-36-55-54-23-13-15-25-60(54)68(63(55)64(56)69)47-20-10-5-11-21-47/h3-42H,1-2H3. The summed E-state index contributed by atoms with van der Waals surface area (Å²) < 4.78 is 7.30. The van der Waals surface area contributed by atoms with Gasteiger partial charge in [-0.3, -0.25) is 0 Å². The molecule has 3 aromatic heterocycles. The van der Waals surface area contributed by atoms with Gasteiger partial charge in [-0.05, 0) is 130 Å². The molecule has 1 aliphatic carbocycles.